The maximum absolute atomic E-state index is 12.5. The number of hydrogen-bond donors (Lipinski definition) is 1. The predicted molar refractivity (Wildman–Crippen MR) is 111 cm³/mol. The van der Waals surface area contributed by atoms with Crippen molar-refractivity contribution in [3.63, 3.8) is 0 Å². The van der Waals surface area contributed by atoms with Gasteiger partial charge in [-0.3, -0.25) is 4.79 Å². The molecule has 0 fully saturated rings. The van der Waals surface area contributed by atoms with Gasteiger partial charge >= 0.3 is 0 Å². The van der Waals surface area contributed by atoms with Gasteiger partial charge in [0.2, 0.25) is 5.75 Å². The number of hydrogen-bond acceptors (Lipinski definition) is 5. The van der Waals surface area contributed by atoms with Gasteiger partial charge in [0.05, 0.1) is 36.1 Å². The van der Waals surface area contributed by atoms with E-state index in [-0.39, 0.29) is 0 Å². The number of carbonyl (C=O) groups excluding carboxylic acids is 1. The Bertz CT molecular complexity index is 829. The summed E-state index contributed by atoms with van der Waals surface area (Å²) < 4.78 is 16.9. The van der Waals surface area contributed by atoms with Crippen molar-refractivity contribution in [3.8, 4) is 17.2 Å². The number of carbonyl (C=O) groups is 1. The average molecular weight is 425 g/mol. The molecule has 1 amide bonds. The molecule has 0 unspecified atom stereocenters. The van der Waals surface area contributed by atoms with Gasteiger partial charge in [-0.25, -0.2) is 5.43 Å². The normalized spacial score (nSPS) is 10.8. The molecule has 2 aromatic rings. The van der Waals surface area contributed by atoms with Gasteiger partial charge < -0.3 is 14.2 Å². The third kappa shape index (κ3) is 5.53. The van der Waals surface area contributed by atoms with Crippen molar-refractivity contribution in [1.29, 1.82) is 0 Å². The molecular weight excluding hydrogens is 403 g/mol. The van der Waals surface area contributed by atoms with Gasteiger partial charge in [0.1, 0.15) is 0 Å². The third-order valence-electron chi connectivity index (χ3n) is 3.52. The summed E-state index contributed by atoms with van der Waals surface area (Å²) in [4.78, 5) is 12.5. The molecule has 0 aliphatic carbocycles. The highest BCUT2D eigenvalue weighted by atomic mass is 35.5. The smallest absolute Gasteiger partial charge is 0.271 e. The lowest BCUT2D eigenvalue weighted by Gasteiger charge is -2.16. The fraction of sp³-hybridized carbons (Fsp3) is 0.300. The number of rotatable bonds is 9. The highest BCUT2D eigenvalue weighted by molar-refractivity contribution is 6.43. The largest absolute Gasteiger partial charge is 0.490 e. The first kappa shape index (κ1) is 21.9. The molecule has 28 heavy (non-hydrogen) atoms. The molecule has 0 heterocycles. The molecule has 0 spiro atoms. The van der Waals surface area contributed by atoms with E-state index in [1.54, 1.807) is 30.3 Å². The van der Waals surface area contributed by atoms with Crippen LogP contribution >= 0.6 is 23.2 Å². The summed E-state index contributed by atoms with van der Waals surface area (Å²) in [6.07, 6.45) is 1.42. The van der Waals surface area contributed by atoms with E-state index < -0.39 is 5.91 Å². The van der Waals surface area contributed by atoms with Crippen molar-refractivity contribution in [2.75, 3.05) is 19.8 Å². The van der Waals surface area contributed by atoms with E-state index in [4.69, 9.17) is 37.4 Å². The SMILES string of the molecule is CCOc1cc(C(=O)N/N=C\c2cccc(Cl)c2Cl)cc(OCC)c1OCC. The average Bonchev–Trinajstić information content (AvgIpc) is 2.67. The number of nitrogens with one attached hydrogen (secondary N) is 1. The standard InChI is InChI=1S/C20H22Cl2N2O4/c1-4-26-16-10-14(11-17(27-5-2)19(16)28-6-3)20(25)24-23-12-13-8-7-9-15(21)18(13)22/h7-12H,4-6H2,1-3H3,(H,24,25)/b23-12-. The lowest BCUT2D eigenvalue weighted by atomic mass is 10.1. The van der Waals surface area contributed by atoms with Crippen LogP contribution in [-0.4, -0.2) is 31.9 Å². The summed E-state index contributed by atoms with van der Waals surface area (Å²) in [5.74, 6) is 0.904. The Kier molecular flexibility index (Phi) is 8.42. The Labute approximate surface area is 174 Å². The molecule has 0 saturated heterocycles. The number of ether oxygens (including phenoxy) is 3. The second-order valence-electron chi connectivity index (χ2n) is 5.44. The molecule has 0 bridgehead atoms. The number of halogens is 2. The van der Waals surface area contributed by atoms with E-state index in [2.05, 4.69) is 10.5 Å². The predicted octanol–water partition coefficient (Wildman–Crippen LogP) is 4.95. The van der Waals surface area contributed by atoms with Crippen molar-refractivity contribution >= 4 is 35.3 Å². The molecule has 0 radical (unpaired) electrons. The van der Waals surface area contributed by atoms with Crippen molar-refractivity contribution in [3.05, 3.63) is 51.5 Å². The molecule has 0 saturated carbocycles. The van der Waals surface area contributed by atoms with Crippen LogP contribution in [0, 0.1) is 0 Å². The molecule has 8 heteroatoms. The maximum atomic E-state index is 12.5. The summed E-state index contributed by atoms with van der Waals surface area (Å²) in [6.45, 7) is 6.84. The minimum Gasteiger partial charge on any atom is -0.490 e. The van der Waals surface area contributed by atoms with Crippen molar-refractivity contribution in [1.82, 2.24) is 5.43 Å². The van der Waals surface area contributed by atoms with Crippen LogP contribution in [0.15, 0.2) is 35.4 Å². The van der Waals surface area contributed by atoms with Gasteiger partial charge in [-0.05, 0) is 39.0 Å². The lowest BCUT2D eigenvalue weighted by molar-refractivity contribution is 0.0954. The van der Waals surface area contributed by atoms with Gasteiger partial charge in [0.15, 0.2) is 11.5 Å². The Balaban J connectivity index is 2.26. The topological polar surface area (TPSA) is 69.2 Å². The summed E-state index contributed by atoms with van der Waals surface area (Å²) in [6, 6.07) is 8.33. The molecule has 2 rings (SSSR count). The van der Waals surface area contributed by atoms with Crippen molar-refractivity contribution in [2.45, 2.75) is 20.8 Å². The molecule has 150 valence electrons. The second kappa shape index (κ2) is 10.8. The first-order valence-corrected chi connectivity index (χ1v) is 9.61. The Hall–Kier alpha value is -2.44. The molecule has 0 aliphatic rings. The van der Waals surface area contributed by atoms with E-state index in [0.29, 0.717) is 58.2 Å². The first-order valence-electron chi connectivity index (χ1n) is 8.85. The summed E-state index contributed by atoms with van der Waals surface area (Å²) >= 11 is 12.1. The van der Waals surface area contributed by atoms with Crippen LogP contribution in [0.2, 0.25) is 10.0 Å². The maximum Gasteiger partial charge on any atom is 0.271 e. The highest BCUT2D eigenvalue weighted by Gasteiger charge is 2.18. The van der Waals surface area contributed by atoms with Gasteiger partial charge in [-0.1, -0.05) is 35.3 Å². The second-order valence-corrected chi connectivity index (χ2v) is 6.23. The van der Waals surface area contributed by atoms with Gasteiger partial charge in [0.25, 0.3) is 5.91 Å². The summed E-state index contributed by atoms with van der Waals surface area (Å²) in [5, 5.41) is 4.72. The monoisotopic (exact) mass is 424 g/mol. The zero-order chi connectivity index (χ0) is 20.5. The van der Waals surface area contributed by atoms with Crippen LogP contribution in [-0.2, 0) is 0 Å². The third-order valence-corrected chi connectivity index (χ3v) is 4.36. The van der Waals surface area contributed by atoms with Gasteiger partial charge in [0, 0.05) is 11.1 Å². The van der Waals surface area contributed by atoms with E-state index in [0.717, 1.165) is 0 Å². The number of amides is 1. The van der Waals surface area contributed by atoms with Crippen LogP contribution in [0.3, 0.4) is 0 Å². The molecule has 1 N–H and O–H groups in total. The van der Waals surface area contributed by atoms with Crippen LogP contribution < -0.4 is 19.6 Å². The highest BCUT2D eigenvalue weighted by Crippen LogP contribution is 2.39. The quantitative estimate of drug-likeness (QED) is 0.456. The molecular formula is C20H22Cl2N2O4. The number of hydrazone groups is 1. The van der Waals surface area contributed by atoms with Crippen molar-refractivity contribution < 1.29 is 19.0 Å². The van der Waals surface area contributed by atoms with Crippen LogP contribution in [0.1, 0.15) is 36.7 Å². The summed E-state index contributed by atoms with van der Waals surface area (Å²) in [5.41, 5.74) is 3.37. The van der Waals surface area contributed by atoms with Gasteiger partial charge in [-0.2, -0.15) is 5.10 Å². The van der Waals surface area contributed by atoms with Gasteiger partial charge in [-0.15, -0.1) is 0 Å². The fourth-order valence-corrected chi connectivity index (χ4v) is 2.72. The zero-order valence-electron chi connectivity index (χ0n) is 15.9. The zero-order valence-corrected chi connectivity index (χ0v) is 17.4. The molecule has 2 aromatic carbocycles. The molecule has 6 nitrogen and oxygen atoms in total. The summed E-state index contributed by atoms with van der Waals surface area (Å²) in [7, 11) is 0. The molecule has 0 aliphatic heterocycles. The Morgan fingerprint density at radius 1 is 1.04 bits per heavy atom. The Morgan fingerprint density at radius 2 is 1.64 bits per heavy atom. The van der Waals surface area contributed by atoms with Crippen LogP contribution in [0.25, 0.3) is 0 Å². The minimum absolute atomic E-state index is 0.324. The van der Waals surface area contributed by atoms with E-state index in [9.17, 15) is 4.79 Å². The lowest BCUT2D eigenvalue weighted by Crippen LogP contribution is -2.18. The van der Waals surface area contributed by atoms with Crippen LogP contribution in [0.5, 0.6) is 17.2 Å². The van der Waals surface area contributed by atoms with Crippen LogP contribution in [0.4, 0.5) is 0 Å². The Morgan fingerprint density at radius 3 is 2.21 bits per heavy atom. The first-order chi connectivity index (χ1) is 13.5. The number of nitrogens with zero attached hydrogens (tertiary/aromatic N) is 1. The minimum atomic E-state index is -0.431. The van der Waals surface area contributed by atoms with Crippen molar-refractivity contribution in [2.24, 2.45) is 5.10 Å². The molecule has 0 atom stereocenters. The number of benzene rings is 2. The molecule has 0 aromatic heterocycles. The van der Waals surface area contributed by atoms with E-state index in [1.807, 2.05) is 20.8 Å². The van der Waals surface area contributed by atoms with E-state index in [1.165, 1.54) is 6.21 Å². The fourth-order valence-electron chi connectivity index (χ4n) is 2.36. The van der Waals surface area contributed by atoms with E-state index >= 15 is 0 Å².